The molecule has 0 bridgehead atoms. The minimum Gasteiger partial charge on any atom is -0.472 e. The lowest BCUT2D eigenvalue weighted by Gasteiger charge is -2.22. The molecule has 1 fully saturated rings. The fourth-order valence-corrected chi connectivity index (χ4v) is 3.47. The van der Waals surface area contributed by atoms with Crippen LogP contribution in [0.2, 0.25) is 5.02 Å². The van der Waals surface area contributed by atoms with Crippen LogP contribution in [0.15, 0.2) is 34.9 Å². The zero-order valence-electron chi connectivity index (χ0n) is 14.1. The van der Waals surface area contributed by atoms with E-state index in [4.69, 9.17) is 26.5 Å². The predicted octanol–water partition coefficient (Wildman–Crippen LogP) is 5.66. The van der Waals surface area contributed by atoms with Gasteiger partial charge in [0.25, 0.3) is 5.88 Å². The summed E-state index contributed by atoms with van der Waals surface area (Å²) >= 11 is 5.85. The molecule has 0 amide bonds. The van der Waals surface area contributed by atoms with Gasteiger partial charge >= 0.3 is 0 Å². The largest absolute Gasteiger partial charge is 0.472 e. The second kappa shape index (κ2) is 7.03. The first-order chi connectivity index (χ1) is 12.6. The van der Waals surface area contributed by atoms with Crippen LogP contribution in [-0.2, 0) is 0 Å². The smallest absolute Gasteiger partial charge is 0.258 e. The number of hydrogen-bond donors (Lipinski definition) is 2. The van der Waals surface area contributed by atoms with Gasteiger partial charge in [0.1, 0.15) is 17.6 Å². The molecule has 1 aromatic carbocycles. The third-order valence-electron chi connectivity index (χ3n) is 4.62. The average molecular weight is 376 g/mol. The molecule has 136 valence electrons. The molecular formula is C19H19ClFN3O2. The molecule has 1 aliphatic rings. The number of furan rings is 1. The molecule has 0 saturated heterocycles. The number of ether oxygens (including phenoxy) is 1. The van der Waals surface area contributed by atoms with E-state index in [0.29, 0.717) is 22.8 Å². The van der Waals surface area contributed by atoms with Crippen molar-refractivity contribution in [2.24, 2.45) is 0 Å². The van der Waals surface area contributed by atoms with Gasteiger partial charge in [-0.05, 0) is 49.9 Å². The van der Waals surface area contributed by atoms with E-state index in [0.717, 1.165) is 18.2 Å². The molecule has 0 spiro atoms. The SMILES string of the molecule is Nc1oc2c(OC3CCCCC3)nccc2c1Nc1ccc(F)c(Cl)c1. The minimum atomic E-state index is -0.477. The number of nitrogens with zero attached hydrogens (tertiary/aromatic N) is 1. The van der Waals surface area contributed by atoms with Crippen molar-refractivity contribution >= 4 is 39.8 Å². The van der Waals surface area contributed by atoms with Crippen LogP contribution in [-0.4, -0.2) is 11.1 Å². The van der Waals surface area contributed by atoms with Crippen molar-refractivity contribution in [1.29, 1.82) is 0 Å². The lowest BCUT2D eigenvalue weighted by molar-refractivity contribution is 0.149. The third kappa shape index (κ3) is 3.29. The fourth-order valence-electron chi connectivity index (χ4n) is 3.29. The van der Waals surface area contributed by atoms with Crippen LogP contribution >= 0.6 is 11.6 Å². The van der Waals surface area contributed by atoms with Crippen LogP contribution in [0, 0.1) is 5.82 Å². The highest BCUT2D eigenvalue weighted by atomic mass is 35.5. The van der Waals surface area contributed by atoms with Crippen LogP contribution in [0.25, 0.3) is 11.0 Å². The second-order valence-corrected chi connectivity index (χ2v) is 6.87. The number of nitrogen functional groups attached to an aromatic ring is 1. The summed E-state index contributed by atoms with van der Waals surface area (Å²) in [6.07, 6.45) is 7.44. The van der Waals surface area contributed by atoms with Crippen LogP contribution in [0.3, 0.4) is 0 Å². The van der Waals surface area contributed by atoms with Gasteiger partial charge < -0.3 is 20.2 Å². The number of nitrogens with one attached hydrogen (secondary N) is 1. The maximum absolute atomic E-state index is 13.4. The monoisotopic (exact) mass is 375 g/mol. The van der Waals surface area contributed by atoms with Gasteiger partial charge in [-0.2, -0.15) is 0 Å². The van der Waals surface area contributed by atoms with Crippen LogP contribution in [0.5, 0.6) is 5.88 Å². The van der Waals surface area contributed by atoms with Gasteiger partial charge in [-0.15, -0.1) is 0 Å². The number of hydrogen-bond acceptors (Lipinski definition) is 5. The van der Waals surface area contributed by atoms with Gasteiger partial charge in [-0.3, -0.25) is 0 Å². The van der Waals surface area contributed by atoms with E-state index < -0.39 is 5.82 Å². The van der Waals surface area contributed by atoms with Crippen molar-refractivity contribution in [1.82, 2.24) is 4.98 Å². The Hall–Kier alpha value is -2.47. The van der Waals surface area contributed by atoms with Crippen molar-refractivity contribution in [2.45, 2.75) is 38.2 Å². The molecule has 3 aromatic rings. The molecule has 5 nitrogen and oxygen atoms in total. The Morgan fingerprint density at radius 1 is 1.23 bits per heavy atom. The van der Waals surface area contributed by atoms with E-state index in [9.17, 15) is 4.39 Å². The van der Waals surface area contributed by atoms with Gasteiger partial charge in [-0.1, -0.05) is 18.0 Å². The number of pyridine rings is 1. The molecule has 4 rings (SSSR count). The van der Waals surface area contributed by atoms with Gasteiger partial charge in [-0.25, -0.2) is 9.37 Å². The Morgan fingerprint density at radius 3 is 2.81 bits per heavy atom. The van der Waals surface area contributed by atoms with E-state index in [1.165, 1.54) is 31.4 Å². The van der Waals surface area contributed by atoms with E-state index in [2.05, 4.69) is 10.3 Å². The lowest BCUT2D eigenvalue weighted by Crippen LogP contribution is -2.20. The van der Waals surface area contributed by atoms with Crippen molar-refractivity contribution < 1.29 is 13.5 Å². The van der Waals surface area contributed by atoms with E-state index in [1.807, 2.05) is 0 Å². The number of benzene rings is 1. The molecule has 7 heteroatoms. The van der Waals surface area contributed by atoms with Crippen LogP contribution in [0.1, 0.15) is 32.1 Å². The molecule has 2 heterocycles. The molecule has 1 aliphatic carbocycles. The molecule has 0 atom stereocenters. The second-order valence-electron chi connectivity index (χ2n) is 6.47. The zero-order chi connectivity index (χ0) is 18.1. The number of anilines is 3. The first kappa shape index (κ1) is 17.0. The molecule has 2 aromatic heterocycles. The average Bonchev–Trinajstić information content (AvgIpc) is 2.96. The van der Waals surface area contributed by atoms with Gasteiger partial charge in [0, 0.05) is 11.9 Å². The summed E-state index contributed by atoms with van der Waals surface area (Å²) < 4.78 is 25.1. The Kier molecular flexibility index (Phi) is 4.59. The predicted molar refractivity (Wildman–Crippen MR) is 101 cm³/mol. The lowest BCUT2D eigenvalue weighted by atomic mass is 9.98. The first-order valence-electron chi connectivity index (χ1n) is 8.67. The summed E-state index contributed by atoms with van der Waals surface area (Å²) in [6.45, 7) is 0. The summed E-state index contributed by atoms with van der Waals surface area (Å²) in [4.78, 5) is 4.32. The Labute approximate surface area is 155 Å². The maximum Gasteiger partial charge on any atom is 0.258 e. The summed E-state index contributed by atoms with van der Waals surface area (Å²) in [5.41, 5.74) is 7.75. The van der Waals surface area contributed by atoms with Crippen LogP contribution in [0.4, 0.5) is 21.6 Å². The number of rotatable bonds is 4. The van der Waals surface area contributed by atoms with E-state index in [1.54, 1.807) is 18.3 Å². The Morgan fingerprint density at radius 2 is 2.04 bits per heavy atom. The molecule has 1 saturated carbocycles. The highest BCUT2D eigenvalue weighted by molar-refractivity contribution is 6.31. The quantitative estimate of drug-likeness (QED) is 0.615. The van der Waals surface area contributed by atoms with E-state index >= 15 is 0 Å². The normalized spacial score (nSPS) is 15.3. The highest BCUT2D eigenvalue weighted by Gasteiger charge is 2.21. The Bertz CT molecular complexity index is 938. The molecule has 0 unspecified atom stereocenters. The minimum absolute atomic E-state index is 0.0318. The van der Waals surface area contributed by atoms with Gasteiger partial charge in [0.05, 0.1) is 10.4 Å². The molecule has 0 radical (unpaired) electrons. The summed E-state index contributed by atoms with van der Waals surface area (Å²) in [6, 6.07) is 6.18. The van der Waals surface area contributed by atoms with E-state index in [-0.39, 0.29) is 17.0 Å². The summed E-state index contributed by atoms with van der Waals surface area (Å²) in [5, 5.41) is 3.93. The number of aromatic nitrogens is 1. The molecular weight excluding hydrogens is 357 g/mol. The van der Waals surface area contributed by atoms with Gasteiger partial charge in [0.15, 0.2) is 0 Å². The first-order valence-corrected chi connectivity index (χ1v) is 9.05. The number of nitrogens with two attached hydrogens (primary N) is 1. The van der Waals surface area contributed by atoms with Crippen LogP contribution < -0.4 is 15.8 Å². The van der Waals surface area contributed by atoms with Crippen molar-refractivity contribution in [3.63, 3.8) is 0 Å². The maximum atomic E-state index is 13.4. The molecule has 0 aliphatic heterocycles. The number of halogens is 2. The van der Waals surface area contributed by atoms with Crippen molar-refractivity contribution in [2.75, 3.05) is 11.1 Å². The summed E-state index contributed by atoms with van der Waals surface area (Å²) in [5.74, 6) is 0.183. The number of fused-ring (bicyclic) bond motifs is 1. The highest BCUT2D eigenvalue weighted by Crippen LogP contribution is 2.39. The topological polar surface area (TPSA) is 73.3 Å². The molecule has 3 N–H and O–H groups in total. The van der Waals surface area contributed by atoms with Gasteiger partial charge in [0.2, 0.25) is 11.5 Å². The fraction of sp³-hybridized carbons (Fsp3) is 0.316. The standard InChI is InChI=1S/C19H19ClFN3O2/c20-14-10-11(6-7-15(14)21)24-16-13-8-9-23-19(17(13)26-18(16)22)25-12-4-2-1-3-5-12/h6-10,12,24H,1-5,22H2. The third-order valence-corrected chi connectivity index (χ3v) is 4.91. The summed E-state index contributed by atoms with van der Waals surface area (Å²) in [7, 11) is 0. The Balaban J connectivity index is 1.66. The van der Waals surface area contributed by atoms with Crippen molar-refractivity contribution in [3.8, 4) is 5.88 Å². The molecule has 26 heavy (non-hydrogen) atoms. The zero-order valence-corrected chi connectivity index (χ0v) is 14.9. The van der Waals surface area contributed by atoms with Crippen molar-refractivity contribution in [3.05, 3.63) is 41.3 Å².